The predicted molar refractivity (Wildman–Crippen MR) is 119 cm³/mol. The van der Waals surface area contributed by atoms with Gasteiger partial charge in [0.1, 0.15) is 0 Å². The first-order valence-electron chi connectivity index (χ1n) is 9.83. The number of hydrogen-bond acceptors (Lipinski definition) is 4. The SMILES string of the molecule is CCc1cc(C)cc(CC)c1.Nc1ccc2c(c1N)C(=O)c1ccccc1C2=O. The van der Waals surface area contributed by atoms with Crippen LogP contribution in [0, 0.1) is 6.92 Å². The van der Waals surface area contributed by atoms with Crippen molar-refractivity contribution in [2.45, 2.75) is 33.6 Å². The number of benzene rings is 3. The second-order valence-electron chi connectivity index (χ2n) is 7.23. The summed E-state index contributed by atoms with van der Waals surface area (Å²) in [6, 6.07) is 16.6. The number of carbonyl (C=O) groups excluding carboxylic acids is 2. The molecule has 0 amide bonds. The third-order valence-corrected chi connectivity index (χ3v) is 5.18. The molecule has 4 heteroatoms. The lowest BCUT2D eigenvalue weighted by Gasteiger charge is -2.19. The van der Waals surface area contributed by atoms with Crippen molar-refractivity contribution in [2.24, 2.45) is 0 Å². The molecule has 0 aliphatic heterocycles. The van der Waals surface area contributed by atoms with Gasteiger partial charge < -0.3 is 11.5 Å². The van der Waals surface area contributed by atoms with E-state index >= 15 is 0 Å². The molecule has 4 N–H and O–H groups in total. The quantitative estimate of drug-likeness (QED) is 0.487. The van der Waals surface area contributed by atoms with E-state index < -0.39 is 0 Å². The van der Waals surface area contributed by atoms with Gasteiger partial charge in [-0.2, -0.15) is 0 Å². The van der Waals surface area contributed by atoms with E-state index in [1.165, 1.54) is 16.7 Å². The normalized spacial score (nSPS) is 12.0. The standard InChI is InChI=1S/C14H10N2O2.C11H16/c15-10-6-5-9-11(12(10)16)14(18)8-4-2-1-3-7(8)13(9)17;1-4-10-6-9(3)7-11(5-2)8-10/h1-6H,15-16H2;6-8H,4-5H2,1-3H3. The lowest BCUT2D eigenvalue weighted by Crippen LogP contribution is -2.22. The minimum absolute atomic E-state index is 0.181. The molecule has 0 atom stereocenters. The van der Waals surface area contributed by atoms with Gasteiger partial charge in [-0.05, 0) is 43.0 Å². The van der Waals surface area contributed by atoms with Crippen molar-refractivity contribution in [3.05, 3.63) is 93.5 Å². The van der Waals surface area contributed by atoms with Gasteiger partial charge in [0.15, 0.2) is 11.6 Å². The van der Waals surface area contributed by atoms with E-state index in [1.54, 1.807) is 36.4 Å². The number of nitrogens with two attached hydrogens (primary N) is 2. The van der Waals surface area contributed by atoms with Crippen LogP contribution in [0.5, 0.6) is 0 Å². The molecule has 0 bridgehead atoms. The zero-order valence-corrected chi connectivity index (χ0v) is 17.1. The molecule has 3 aromatic rings. The van der Waals surface area contributed by atoms with Crippen LogP contribution in [0.3, 0.4) is 0 Å². The van der Waals surface area contributed by atoms with Crippen molar-refractivity contribution in [3.8, 4) is 0 Å². The first-order valence-corrected chi connectivity index (χ1v) is 9.83. The Kier molecular flexibility index (Phi) is 5.83. The highest BCUT2D eigenvalue weighted by atomic mass is 16.1. The van der Waals surface area contributed by atoms with Crippen molar-refractivity contribution in [1.29, 1.82) is 0 Å². The summed E-state index contributed by atoms with van der Waals surface area (Å²) in [5.41, 5.74) is 17.6. The minimum atomic E-state index is -0.245. The smallest absolute Gasteiger partial charge is 0.196 e. The fourth-order valence-corrected chi connectivity index (χ4v) is 3.58. The van der Waals surface area contributed by atoms with Gasteiger partial charge in [0.2, 0.25) is 0 Å². The van der Waals surface area contributed by atoms with E-state index in [0.29, 0.717) is 22.4 Å². The van der Waals surface area contributed by atoms with Gasteiger partial charge in [-0.1, -0.05) is 61.9 Å². The van der Waals surface area contributed by atoms with Gasteiger partial charge in [-0.3, -0.25) is 9.59 Å². The molecule has 0 radical (unpaired) electrons. The fraction of sp³-hybridized carbons (Fsp3) is 0.200. The van der Waals surface area contributed by atoms with E-state index in [4.69, 9.17) is 11.5 Å². The highest BCUT2D eigenvalue weighted by Crippen LogP contribution is 2.33. The third-order valence-electron chi connectivity index (χ3n) is 5.18. The topological polar surface area (TPSA) is 86.2 Å². The third kappa shape index (κ3) is 3.92. The van der Waals surface area contributed by atoms with Crippen LogP contribution >= 0.6 is 0 Å². The summed E-state index contributed by atoms with van der Waals surface area (Å²) in [4.78, 5) is 24.6. The zero-order chi connectivity index (χ0) is 21.1. The van der Waals surface area contributed by atoms with Gasteiger partial charge in [0.05, 0.1) is 16.9 Å². The fourth-order valence-electron chi connectivity index (χ4n) is 3.58. The Balaban J connectivity index is 0.000000188. The maximum Gasteiger partial charge on any atom is 0.196 e. The molecule has 0 aromatic heterocycles. The first kappa shape index (κ1) is 20.3. The predicted octanol–water partition coefficient (Wildman–Crippen LogP) is 4.75. The Labute approximate surface area is 171 Å². The van der Waals surface area contributed by atoms with Gasteiger partial charge in [0.25, 0.3) is 0 Å². The van der Waals surface area contributed by atoms with E-state index in [-0.39, 0.29) is 22.8 Å². The van der Waals surface area contributed by atoms with Crippen molar-refractivity contribution in [1.82, 2.24) is 0 Å². The number of rotatable bonds is 2. The summed E-state index contributed by atoms with van der Waals surface area (Å²) in [6.07, 6.45) is 2.30. The minimum Gasteiger partial charge on any atom is -0.397 e. The van der Waals surface area contributed by atoms with Crippen molar-refractivity contribution < 1.29 is 9.59 Å². The molecule has 4 nitrogen and oxygen atoms in total. The molecular weight excluding hydrogens is 360 g/mol. The molecule has 0 heterocycles. The molecule has 1 aliphatic carbocycles. The number of hydrogen-bond donors (Lipinski definition) is 2. The molecule has 148 valence electrons. The molecule has 4 rings (SSSR count). The molecule has 1 aliphatic rings. The van der Waals surface area contributed by atoms with Crippen LogP contribution in [0.4, 0.5) is 11.4 Å². The largest absolute Gasteiger partial charge is 0.397 e. The second kappa shape index (κ2) is 8.31. The van der Waals surface area contributed by atoms with Gasteiger partial charge in [0, 0.05) is 16.7 Å². The number of aryl methyl sites for hydroxylation is 3. The highest BCUT2D eigenvalue weighted by Gasteiger charge is 2.31. The maximum atomic E-state index is 12.3. The van der Waals surface area contributed by atoms with Gasteiger partial charge in [-0.25, -0.2) is 0 Å². The Bertz CT molecular complexity index is 1080. The Hall–Kier alpha value is -3.40. The Morgan fingerprint density at radius 3 is 1.83 bits per heavy atom. The summed E-state index contributed by atoms with van der Waals surface area (Å²) < 4.78 is 0. The van der Waals surface area contributed by atoms with E-state index in [2.05, 4.69) is 39.0 Å². The van der Waals surface area contributed by atoms with Crippen LogP contribution < -0.4 is 11.5 Å². The monoisotopic (exact) mass is 386 g/mol. The number of carbonyl (C=O) groups is 2. The van der Waals surface area contributed by atoms with Crippen molar-refractivity contribution >= 4 is 22.9 Å². The molecule has 3 aromatic carbocycles. The summed E-state index contributed by atoms with van der Waals surface area (Å²) >= 11 is 0. The molecule has 0 saturated carbocycles. The lowest BCUT2D eigenvalue weighted by molar-refractivity contribution is 0.0980. The molecule has 0 spiro atoms. The summed E-state index contributed by atoms with van der Waals surface area (Å²) in [5, 5.41) is 0. The first-order chi connectivity index (χ1) is 13.9. The van der Waals surface area contributed by atoms with Crippen LogP contribution in [0.1, 0.15) is 62.4 Å². The average Bonchev–Trinajstić information content (AvgIpc) is 2.74. The van der Waals surface area contributed by atoms with Crippen LogP contribution in [0.25, 0.3) is 0 Å². The van der Waals surface area contributed by atoms with Gasteiger partial charge >= 0.3 is 0 Å². The van der Waals surface area contributed by atoms with Crippen LogP contribution in [-0.2, 0) is 12.8 Å². The molecule has 29 heavy (non-hydrogen) atoms. The van der Waals surface area contributed by atoms with Crippen molar-refractivity contribution in [3.63, 3.8) is 0 Å². The molecular formula is C25H26N2O2. The van der Waals surface area contributed by atoms with E-state index in [0.717, 1.165) is 12.8 Å². The molecule has 0 saturated heterocycles. The van der Waals surface area contributed by atoms with E-state index in [9.17, 15) is 9.59 Å². The maximum absolute atomic E-state index is 12.3. The summed E-state index contributed by atoms with van der Waals surface area (Å²) in [6.45, 7) is 6.57. The molecule has 0 fully saturated rings. The Morgan fingerprint density at radius 1 is 0.724 bits per heavy atom. The Morgan fingerprint density at radius 2 is 1.28 bits per heavy atom. The number of fused-ring (bicyclic) bond motifs is 2. The average molecular weight is 386 g/mol. The van der Waals surface area contributed by atoms with Gasteiger partial charge in [-0.15, -0.1) is 0 Å². The lowest BCUT2D eigenvalue weighted by atomic mass is 9.83. The highest BCUT2D eigenvalue weighted by molar-refractivity contribution is 6.30. The summed E-state index contributed by atoms with van der Waals surface area (Å²) in [7, 11) is 0. The summed E-state index contributed by atoms with van der Waals surface area (Å²) in [5.74, 6) is -0.433. The van der Waals surface area contributed by atoms with Crippen molar-refractivity contribution in [2.75, 3.05) is 11.5 Å². The van der Waals surface area contributed by atoms with Crippen LogP contribution in [0.2, 0.25) is 0 Å². The number of nitrogen functional groups attached to an aromatic ring is 2. The number of anilines is 2. The second-order valence-corrected chi connectivity index (χ2v) is 7.23. The number of ketones is 2. The van der Waals surface area contributed by atoms with Crippen LogP contribution in [-0.4, -0.2) is 11.6 Å². The zero-order valence-electron chi connectivity index (χ0n) is 17.1. The van der Waals surface area contributed by atoms with E-state index in [1.807, 2.05) is 0 Å². The molecule has 0 unspecified atom stereocenters. The van der Waals surface area contributed by atoms with Crippen LogP contribution in [0.15, 0.2) is 54.6 Å².